The third-order valence-corrected chi connectivity index (χ3v) is 4.83. The summed E-state index contributed by atoms with van der Waals surface area (Å²) in [7, 11) is 0.304. The summed E-state index contributed by atoms with van der Waals surface area (Å²) >= 11 is 0. The lowest BCUT2D eigenvalue weighted by molar-refractivity contribution is -0.120. The number of methoxy groups -OCH3 is 1. The molecule has 1 N–H and O–H groups in total. The van der Waals surface area contributed by atoms with Gasteiger partial charge in [-0.05, 0) is 38.0 Å². The Morgan fingerprint density at radius 1 is 1.32 bits per heavy atom. The smallest absolute Gasteiger partial charge is 0.235 e. The van der Waals surface area contributed by atoms with Gasteiger partial charge in [-0.2, -0.15) is 0 Å². The van der Waals surface area contributed by atoms with Crippen LogP contribution in [0.25, 0.3) is 0 Å². The first-order chi connectivity index (χ1) is 10.5. The number of benzene rings is 1. The van der Waals surface area contributed by atoms with Crippen molar-refractivity contribution in [3.8, 4) is 5.75 Å². The lowest BCUT2D eigenvalue weighted by Crippen LogP contribution is -2.38. The standard InChI is InChI=1S/C16H25NO4S/c1-12-5-6-13(2)15(11-12)21-9-10-22(19)14(3)16(18)17-7-8-20-4/h5-6,11,14H,7-10H2,1-4H3,(H,17,18). The molecular formula is C16H25NO4S. The van der Waals surface area contributed by atoms with Gasteiger partial charge in [-0.25, -0.2) is 0 Å². The van der Waals surface area contributed by atoms with Gasteiger partial charge < -0.3 is 14.8 Å². The largest absolute Gasteiger partial charge is 0.492 e. The predicted molar refractivity (Wildman–Crippen MR) is 88.8 cm³/mol. The third-order valence-electron chi connectivity index (χ3n) is 3.25. The van der Waals surface area contributed by atoms with E-state index in [0.29, 0.717) is 25.5 Å². The van der Waals surface area contributed by atoms with Crippen molar-refractivity contribution in [2.24, 2.45) is 0 Å². The number of carbonyl (C=O) groups excluding carboxylic acids is 1. The van der Waals surface area contributed by atoms with E-state index in [-0.39, 0.29) is 5.91 Å². The van der Waals surface area contributed by atoms with Gasteiger partial charge in [0.05, 0.1) is 19.0 Å². The van der Waals surface area contributed by atoms with Gasteiger partial charge in [0.15, 0.2) is 0 Å². The van der Waals surface area contributed by atoms with E-state index in [1.165, 1.54) is 0 Å². The summed E-state index contributed by atoms with van der Waals surface area (Å²) in [6, 6.07) is 5.97. The summed E-state index contributed by atoms with van der Waals surface area (Å²) in [6.07, 6.45) is 0. The zero-order chi connectivity index (χ0) is 16.5. The fourth-order valence-electron chi connectivity index (χ4n) is 1.81. The minimum atomic E-state index is -1.26. The van der Waals surface area contributed by atoms with E-state index >= 15 is 0 Å². The van der Waals surface area contributed by atoms with Crippen LogP contribution in [0.15, 0.2) is 18.2 Å². The molecule has 2 unspecified atom stereocenters. The summed E-state index contributed by atoms with van der Waals surface area (Å²) in [5.74, 6) is 0.906. The van der Waals surface area contributed by atoms with Gasteiger partial charge in [-0.15, -0.1) is 0 Å². The summed E-state index contributed by atoms with van der Waals surface area (Å²) in [5, 5.41) is 2.13. The number of hydrogen-bond donors (Lipinski definition) is 1. The van der Waals surface area contributed by atoms with Crippen LogP contribution in [0.1, 0.15) is 18.1 Å². The number of rotatable bonds is 9. The lowest BCUT2D eigenvalue weighted by atomic mass is 10.1. The van der Waals surface area contributed by atoms with Crippen LogP contribution in [0.2, 0.25) is 0 Å². The molecule has 0 fully saturated rings. The Hall–Kier alpha value is -1.40. The number of aryl methyl sites for hydroxylation is 2. The summed E-state index contributed by atoms with van der Waals surface area (Å²) < 4.78 is 22.6. The van der Waals surface area contributed by atoms with Crippen LogP contribution < -0.4 is 10.1 Å². The monoisotopic (exact) mass is 327 g/mol. The predicted octanol–water partition coefficient (Wildman–Crippen LogP) is 1.58. The van der Waals surface area contributed by atoms with Crippen molar-refractivity contribution < 1.29 is 18.5 Å². The Morgan fingerprint density at radius 3 is 2.73 bits per heavy atom. The van der Waals surface area contributed by atoms with Gasteiger partial charge >= 0.3 is 0 Å². The quantitative estimate of drug-likeness (QED) is 0.700. The van der Waals surface area contributed by atoms with E-state index in [1.54, 1.807) is 14.0 Å². The van der Waals surface area contributed by atoms with Gasteiger partial charge in [0.1, 0.15) is 11.0 Å². The highest BCUT2D eigenvalue weighted by Gasteiger charge is 2.19. The summed E-state index contributed by atoms with van der Waals surface area (Å²) in [4.78, 5) is 11.8. The Kier molecular flexibility index (Phi) is 8.12. The Balaban J connectivity index is 2.39. The molecule has 1 amide bonds. The van der Waals surface area contributed by atoms with Crippen molar-refractivity contribution in [1.82, 2.24) is 5.32 Å². The maximum absolute atomic E-state index is 12.1. The maximum atomic E-state index is 12.1. The highest BCUT2D eigenvalue weighted by atomic mass is 32.2. The second-order valence-electron chi connectivity index (χ2n) is 5.13. The Bertz CT molecular complexity index is 519. The summed E-state index contributed by atoms with van der Waals surface area (Å²) in [5.41, 5.74) is 2.16. The van der Waals surface area contributed by atoms with Gasteiger partial charge in [0.25, 0.3) is 0 Å². The molecule has 0 bridgehead atoms. The van der Waals surface area contributed by atoms with E-state index in [1.807, 2.05) is 32.0 Å². The third kappa shape index (κ3) is 6.15. The molecule has 0 aliphatic heterocycles. The second kappa shape index (κ2) is 9.58. The summed E-state index contributed by atoms with van der Waals surface area (Å²) in [6.45, 7) is 6.83. The molecule has 5 nitrogen and oxygen atoms in total. The van der Waals surface area contributed by atoms with Crippen molar-refractivity contribution in [2.45, 2.75) is 26.0 Å². The average Bonchev–Trinajstić information content (AvgIpc) is 2.49. The number of hydrogen-bond acceptors (Lipinski definition) is 4. The number of ether oxygens (including phenoxy) is 2. The average molecular weight is 327 g/mol. The lowest BCUT2D eigenvalue weighted by Gasteiger charge is -2.13. The molecule has 1 rings (SSSR count). The first-order valence-electron chi connectivity index (χ1n) is 7.29. The molecule has 0 aromatic heterocycles. The molecule has 0 saturated heterocycles. The molecule has 22 heavy (non-hydrogen) atoms. The van der Waals surface area contributed by atoms with Crippen molar-refractivity contribution in [3.05, 3.63) is 29.3 Å². The minimum Gasteiger partial charge on any atom is -0.492 e. The highest BCUT2D eigenvalue weighted by molar-refractivity contribution is 7.86. The van der Waals surface area contributed by atoms with Crippen LogP contribution in [0.5, 0.6) is 5.75 Å². The zero-order valence-corrected chi connectivity index (χ0v) is 14.5. The molecule has 6 heteroatoms. The van der Waals surface area contributed by atoms with Gasteiger partial charge in [-0.1, -0.05) is 12.1 Å². The van der Waals surface area contributed by atoms with E-state index in [9.17, 15) is 9.00 Å². The van der Waals surface area contributed by atoms with Crippen LogP contribution in [0.3, 0.4) is 0 Å². The van der Waals surface area contributed by atoms with Gasteiger partial charge in [0, 0.05) is 24.5 Å². The maximum Gasteiger partial charge on any atom is 0.235 e. The number of nitrogens with one attached hydrogen (secondary N) is 1. The molecule has 1 aromatic carbocycles. The molecule has 124 valence electrons. The second-order valence-corrected chi connectivity index (χ2v) is 7.01. The van der Waals surface area contributed by atoms with E-state index in [0.717, 1.165) is 16.9 Å². The fourth-order valence-corrected chi connectivity index (χ4v) is 2.74. The Morgan fingerprint density at radius 2 is 2.05 bits per heavy atom. The Labute approximate surface area is 134 Å². The van der Waals surface area contributed by atoms with Crippen LogP contribution in [0.4, 0.5) is 0 Å². The van der Waals surface area contributed by atoms with E-state index in [2.05, 4.69) is 5.32 Å². The zero-order valence-electron chi connectivity index (χ0n) is 13.7. The molecule has 0 spiro atoms. The van der Waals surface area contributed by atoms with E-state index < -0.39 is 16.0 Å². The van der Waals surface area contributed by atoms with Gasteiger partial charge in [0.2, 0.25) is 5.91 Å². The van der Waals surface area contributed by atoms with Crippen molar-refractivity contribution >= 4 is 16.7 Å². The van der Waals surface area contributed by atoms with Crippen LogP contribution in [-0.2, 0) is 20.3 Å². The molecule has 0 aliphatic rings. The molecule has 2 atom stereocenters. The molecule has 0 radical (unpaired) electrons. The number of carbonyl (C=O) groups is 1. The molecule has 0 saturated carbocycles. The highest BCUT2D eigenvalue weighted by Crippen LogP contribution is 2.18. The van der Waals surface area contributed by atoms with Gasteiger partial charge in [-0.3, -0.25) is 9.00 Å². The number of amides is 1. The normalized spacial score (nSPS) is 13.5. The first kappa shape index (κ1) is 18.6. The van der Waals surface area contributed by atoms with Crippen molar-refractivity contribution in [3.63, 3.8) is 0 Å². The molecule has 0 aliphatic carbocycles. The fraction of sp³-hybridized carbons (Fsp3) is 0.562. The molecular weight excluding hydrogens is 302 g/mol. The SMILES string of the molecule is COCCNC(=O)C(C)S(=O)CCOc1cc(C)ccc1C. The topological polar surface area (TPSA) is 64.6 Å². The first-order valence-corrected chi connectivity index (χ1v) is 8.67. The molecule has 0 heterocycles. The minimum absolute atomic E-state index is 0.220. The van der Waals surface area contributed by atoms with Crippen molar-refractivity contribution in [2.75, 3.05) is 32.6 Å². The van der Waals surface area contributed by atoms with Crippen LogP contribution in [0, 0.1) is 13.8 Å². The van der Waals surface area contributed by atoms with Crippen LogP contribution in [-0.4, -0.2) is 48.0 Å². The molecule has 1 aromatic rings. The van der Waals surface area contributed by atoms with Crippen LogP contribution >= 0.6 is 0 Å². The van der Waals surface area contributed by atoms with Crippen molar-refractivity contribution in [1.29, 1.82) is 0 Å². The van der Waals surface area contributed by atoms with E-state index in [4.69, 9.17) is 9.47 Å².